The van der Waals surface area contributed by atoms with Crippen molar-refractivity contribution in [3.8, 4) is 11.1 Å². The summed E-state index contributed by atoms with van der Waals surface area (Å²) in [6, 6.07) is 10.9. The van der Waals surface area contributed by atoms with Gasteiger partial charge in [-0.3, -0.25) is 9.59 Å². The van der Waals surface area contributed by atoms with Gasteiger partial charge in [0.05, 0.1) is 5.69 Å². The summed E-state index contributed by atoms with van der Waals surface area (Å²) >= 11 is 0. The first-order valence-electron chi connectivity index (χ1n) is 10.8. The molecule has 6 heteroatoms. The van der Waals surface area contributed by atoms with Crippen molar-refractivity contribution in [2.75, 3.05) is 10.6 Å². The molecule has 0 radical (unpaired) electrons. The van der Waals surface area contributed by atoms with E-state index in [2.05, 4.69) is 15.6 Å². The molecule has 1 aromatic heterocycles. The van der Waals surface area contributed by atoms with Gasteiger partial charge in [0, 0.05) is 29.0 Å². The number of carbonyl (C=O) groups excluding carboxylic acids is 2. The number of amides is 2. The van der Waals surface area contributed by atoms with Crippen molar-refractivity contribution in [1.29, 1.82) is 0 Å². The van der Waals surface area contributed by atoms with E-state index < -0.39 is 5.82 Å². The monoisotopic (exact) mass is 417 g/mol. The van der Waals surface area contributed by atoms with Gasteiger partial charge in [0.15, 0.2) is 5.82 Å². The maximum Gasteiger partial charge on any atom is 0.228 e. The fourth-order valence-electron chi connectivity index (χ4n) is 3.97. The first-order valence-corrected chi connectivity index (χ1v) is 10.8. The Hall–Kier alpha value is -3.28. The number of hydrogen-bond acceptors (Lipinski definition) is 3. The summed E-state index contributed by atoms with van der Waals surface area (Å²) in [7, 11) is 0. The highest BCUT2D eigenvalue weighted by Crippen LogP contribution is 2.35. The van der Waals surface area contributed by atoms with Crippen LogP contribution in [0.2, 0.25) is 0 Å². The lowest BCUT2D eigenvalue weighted by Gasteiger charge is -2.24. The molecule has 2 amide bonds. The normalized spacial score (nSPS) is 16.1. The van der Waals surface area contributed by atoms with E-state index in [1.807, 2.05) is 37.3 Å². The van der Waals surface area contributed by atoms with Crippen LogP contribution in [-0.4, -0.2) is 16.8 Å². The minimum Gasteiger partial charge on any atom is -0.323 e. The molecule has 5 nitrogen and oxygen atoms in total. The number of nitrogens with zero attached hydrogens (tertiary/aromatic N) is 1. The van der Waals surface area contributed by atoms with Crippen LogP contribution in [0.5, 0.6) is 0 Å². The van der Waals surface area contributed by atoms with Crippen molar-refractivity contribution >= 4 is 34.1 Å². The van der Waals surface area contributed by atoms with E-state index >= 15 is 4.39 Å². The molecule has 158 valence electrons. The molecule has 0 bridgehead atoms. The molecular weight excluding hydrogens is 393 g/mol. The topological polar surface area (TPSA) is 71.1 Å². The predicted octanol–water partition coefficient (Wildman–Crippen LogP) is 5.44. The predicted molar refractivity (Wildman–Crippen MR) is 119 cm³/mol. The second-order valence-electron chi connectivity index (χ2n) is 8.63. The van der Waals surface area contributed by atoms with Crippen LogP contribution in [0.15, 0.2) is 42.6 Å². The lowest BCUT2D eigenvalue weighted by Crippen LogP contribution is -2.28. The van der Waals surface area contributed by atoms with Crippen molar-refractivity contribution in [3.05, 3.63) is 54.0 Å². The Morgan fingerprint density at radius 3 is 2.39 bits per heavy atom. The van der Waals surface area contributed by atoms with Gasteiger partial charge >= 0.3 is 0 Å². The summed E-state index contributed by atoms with van der Waals surface area (Å²) in [5.74, 6) is 0.118. The van der Waals surface area contributed by atoms with Crippen LogP contribution in [-0.2, 0) is 9.59 Å². The van der Waals surface area contributed by atoms with Crippen LogP contribution in [0.4, 0.5) is 15.9 Å². The number of aromatic nitrogens is 1. The van der Waals surface area contributed by atoms with Crippen molar-refractivity contribution < 1.29 is 14.0 Å². The van der Waals surface area contributed by atoms with Gasteiger partial charge in [0.1, 0.15) is 5.82 Å². The second kappa shape index (κ2) is 7.76. The quantitative estimate of drug-likeness (QED) is 0.581. The molecule has 0 aliphatic heterocycles. The van der Waals surface area contributed by atoms with Crippen LogP contribution in [0.25, 0.3) is 21.9 Å². The van der Waals surface area contributed by atoms with Gasteiger partial charge in [-0.2, -0.15) is 0 Å². The van der Waals surface area contributed by atoms with Crippen molar-refractivity contribution in [2.24, 2.45) is 11.8 Å². The molecule has 2 aliphatic rings. The Morgan fingerprint density at radius 1 is 0.935 bits per heavy atom. The van der Waals surface area contributed by atoms with Gasteiger partial charge in [-0.1, -0.05) is 24.6 Å². The van der Waals surface area contributed by atoms with Gasteiger partial charge < -0.3 is 10.6 Å². The zero-order valence-corrected chi connectivity index (χ0v) is 17.4. The number of anilines is 2. The third kappa shape index (κ3) is 3.90. The van der Waals surface area contributed by atoms with Gasteiger partial charge in [-0.15, -0.1) is 0 Å². The fourth-order valence-corrected chi connectivity index (χ4v) is 3.97. The summed E-state index contributed by atoms with van der Waals surface area (Å²) in [6.45, 7) is 1.86. The van der Waals surface area contributed by atoms with Crippen LogP contribution in [0.1, 0.15) is 37.7 Å². The molecule has 2 aliphatic carbocycles. The zero-order valence-electron chi connectivity index (χ0n) is 17.4. The van der Waals surface area contributed by atoms with Gasteiger partial charge in [-0.05, 0) is 67.3 Å². The minimum absolute atomic E-state index is 0.00880. The first kappa shape index (κ1) is 19.7. The molecule has 2 aromatic carbocycles. The zero-order chi connectivity index (χ0) is 21.5. The molecule has 0 spiro atoms. The minimum atomic E-state index is -0.423. The second-order valence-corrected chi connectivity index (χ2v) is 8.63. The Labute approximate surface area is 180 Å². The Bertz CT molecular complexity index is 1200. The summed E-state index contributed by atoms with van der Waals surface area (Å²) < 4.78 is 15.4. The number of carbonyl (C=O) groups is 2. The highest BCUT2D eigenvalue weighted by molar-refractivity contribution is 5.97. The third-order valence-corrected chi connectivity index (χ3v) is 6.29. The number of hydrogen-bond donors (Lipinski definition) is 2. The van der Waals surface area contributed by atoms with Crippen molar-refractivity contribution in [1.82, 2.24) is 4.98 Å². The summed E-state index contributed by atoms with van der Waals surface area (Å²) in [5.41, 5.74) is 2.20. The number of pyridine rings is 1. The van der Waals surface area contributed by atoms with Crippen LogP contribution < -0.4 is 10.6 Å². The summed E-state index contributed by atoms with van der Waals surface area (Å²) in [5, 5.41) is 7.38. The SMILES string of the molecule is Cc1ccc(NC(=O)C2CCC2)c(F)c1-c1ccc2cc(NC(=O)C3CC3)ncc2c1. The van der Waals surface area contributed by atoms with Gasteiger partial charge in [0.2, 0.25) is 11.8 Å². The molecule has 2 N–H and O–H groups in total. The van der Waals surface area contributed by atoms with Crippen LogP contribution in [0.3, 0.4) is 0 Å². The summed E-state index contributed by atoms with van der Waals surface area (Å²) in [6.07, 6.45) is 6.36. The van der Waals surface area contributed by atoms with E-state index in [1.165, 1.54) is 0 Å². The van der Waals surface area contributed by atoms with E-state index in [-0.39, 0.29) is 29.3 Å². The molecule has 2 saturated carbocycles. The van der Waals surface area contributed by atoms with Gasteiger partial charge in [-0.25, -0.2) is 9.37 Å². The van der Waals surface area contributed by atoms with Crippen molar-refractivity contribution in [3.63, 3.8) is 0 Å². The molecule has 5 rings (SSSR count). The number of fused-ring (bicyclic) bond motifs is 1. The molecule has 31 heavy (non-hydrogen) atoms. The van der Waals surface area contributed by atoms with Gasteiger partial charge in [0.25, 0.3) is 0 Å². The summed E-state index contributed by atoms with van der Waals surface area (Å²) in [4.78, 5) is 28.6. The lowest BCUT2D eigenvalue weighted by molar-refractivity contribution is -0.122. The first-order chi connectivity index (χ1) is 15.0. The number of aryl methyl sites for hydroxylation is 1. The van der Waals surface area contributed by atoms with E-state index in [0.29, 0.717) is 11.4 Å². The lowest BCUT2D eigenvalue weighted by atomic mass is 9.84. The van der Waals surface area contributed by atoms with E-state index in [0.717, 1.165) is 54.0 Å². The van der Waals surface area contributed by atoms with Crippen LogP contribution >= 0.6 is 0 Å². The average molecular weight is 417 g/mol. The molecule has 0 atom stereocenters. The number of nitrogens with one attached hydrogen (secondary N) is 2. The standard InChI is InChI=1S/C25H24FN3O2/c1-14-5-10-20(28-24(30)15-3-2-4-15)23(26)22(14)18-9-8-17-12-21(27-13-19(17)11-18)29-25(31)16-6-7-16/h5,8-13,15-16H,2-4,6-7H2,1H3,(H,28,30)(H,27,29,31). The maximum absolute atomic E-state index is 15.4. The molecule has 0 unspecified atom stereocenters. The van der Waals surface area contributed by atoms with E-state index in [4.69, 9.17) is 0 Å². The fraction of sp³-hybridized carbons (Fsp3) is 0.320. The molecular formula is C25H24FN3O2. The number of halogens is 1. The molecule has 0 saturated heterocycles. The van der Waals surface area contributed by atoms with E-state index in [9.17, 15) is 9.59 Å². The largest absolute Gasteiger partial charge is 0.323 e. The number of rotatable bonds is 5. The average Bonchev–Trinajstić information content (AvgIpc) is 3.54. The number of benzene rings is 2. The molecule has 1 heterocycles. The smallest absolute Gasteiger partial charge is 0.228 e. The molecule has 3 aromatic rings. The highest BCUT2D eigenvalue weighted by Gasteiger charge is 2.30. The Morgan fingerprint density at radius 2 is 1.68 bits per heavy atom. The highest BCUT2D eigenvalue weighted by atomic mass is 19.1. The Kier molecular flexibility index (Phi) is 4.93. The maximum atomic E-state index is 15.4. The third-order valence-electron chi connectivity index (χ3n) is 6.29. The van der Waals surface area contributed by atoms with Crippen molar-refractivity contribution in [2.45, 2.75) is 39.0 Å². The Balaban J connectivity index is 1.44. The van der Waals surface area contributed by atoms with Crippen LogP contribution in [0, 0.1) is 24.6 Å². The van der Waals surface area contributed by atoms with E-state index in [1.54, 1.807) is 12.3 Å². The molecule has 2 fully saturated rings.